The highest BCUT2D eigenvalue weighted by atomic mass is 16.5. The number of carbonyl (C=O) groups is 2. The Hall–Kier alpha value is -2.76. The maximum Gasteiger partial charge on any atom is 0.359 e. The zero-order chi connectivity index (χ0) is 17.4. The summed E-state index contributed by atoms with van der Waals surface area (Å²) in [4.78, 5) is 31.6. The largest absolute Gasteiger partial charge is 0.448 e. The van der Waals surface area contributed by atoms with E-state index >= 15 is 0 Å². The summed E-state index contributed by atoms with van der Waals surface area (Å²) in [6, 6.07) is 10.1. The molecule has 0 aliphatic rings. The average Bonchev–Trinajstić information content (AvgIpc) is 2.61. The van der Waals surface area contributed by atoms with Gasteiger partial charge in [0.15, 0.2) is 11.8 Å². The van der Waals surface area contributed by atoms with Crippen molar-refractivity contribution in [3.63, 3.8) is 0 Å². The molecule has 126 valence electrons. The van der Waals surface area contributed by atoms with Crippen LogP contribution in [0.1, 0.15) is 36.3 Å². The molecule has 1 aromatic heterocycles. The second-order valence-corrected chi connectivity index (χ2v) is 5.57. The van der Waals surface area contributed by atoms with E-state index < -0.39 is 12.1 Å². The smallest absolute Gasteiger partial charge is 0.359 e. The van der Waals surface area contributed by atoms with Gasteiger partial charge < -0.3 is 10.1 Å². The quantitative estimate of drug-likeness (QED) is 0.788. The van der Waals surface area contributed by atoms with Crippen LogP contribution in [0.2, 0.25) is 0 Å². The van der Waals surface area contributed by atoms with Gasteiger partial charge in [-0.15, -0.1) is 0 Å². The SMILES string of the molecule is C[C@H](CCc1ccccc1)NC(=O)[C@H](C)OC(=O)c1cnccn1. The Morgan fingerprint density at radius 1 is 1.17 bits per heavy atom. The zero-order valence-electron chi connectivity index (χ0n) is 13.8. The number of amides is 1. The number of aryl methyl sites for hydroxylation is 1. The molecule has 0 aliphatic heterocycles. The Balaban J connectivity index is 1.77. The van der Waals surface area contributed by atoms with E-state index in [4.69, 9.17) is 4.74 Å². The Morgan fingerprint density at radius 2 is 1.92 bits per heavy atom. The highest BCUT2D eigenvalue weighted by Crippen LogP contribution is 2.06. The highest BCUT2D eigenvalue weighted by Gasteiger charge is 2.21. The van der Waals surface area contributed by atoms with Crippen LogP contribution in [0.3, 0.4) is 0 Å². The number of ether oxygens (including phenoxy) is 1. The predicted octanol–water partition coefficient (Wildman–Crippen LogP) is 2.16. The molecule has 0 spiro atoms. The van der Waals surface area contributed by atoms with Crippen LogP contribution in [0.15, 0.2) is 48.9 Å². The van der Waals surface area contributed by atoms with Crippen molar-refractivity contribution in [2.24, 2.45) is 0 Å². The third-order valence-corrected chi connectivity index (χ3v) is 3.52. The third-order valence-electron chi connectivity index (χ3n) is 3.52. The highest BCUT2D eigenvalue weighted by molar-refractivity contribution is 5.90. The molecule has 0 unspecified atom stereocenters. The predicted molar refractivity (Wildman–Crippen MR) is 89.3 cm³/mol. The minimum Gasteiger partial charge on any atom is -0.448 e. The van der Waals surface area contributed by atoms with Gasteiger partial charge in [0, 0.05) is 18.4 Å². The number of benzene rings is 1. The van der Waals surface area contributed by atoms with Crippen LogP contribution < -0.4 is 5.32 Å². The van der Waals surface area contributed by atoms with Crippen molar-refractivity contribution in [2.75, 3.05) is 0 Å². The van der Waals surface area contributed by atoms with Crippen molar-refractivity contribution in [3.05, 3.63) is 60.2 Å². The molecular formula is C18H21N3O3. The van der Waals surface area contributed by atoms with E-state index in [1.54, 1.807) is 0 Å². The summed E-state index contributed by atoms with van der Waals surface area (Å²) >= 11 is 0. The van der Waals surface area contributed by atoms with E-state index in [0.717, 1.165) is 12.8 Å². The second-order valence-electron chi connectivity index (χ2n) is 5.57. The summed E-state index contributed by atoms with van der Waals surface area (Å²) in [5, 5.41) is 2.85. The summed E-state index contributed by atoms with van der Waals surface area (Å²) in [5.41, 5.74) is 1.30. The number of hydrogen-bond acceptors (Lipinski definition) is 5. The number of nitrogens with zero attached hydrogens (tertiary/aromatic N) is 2. The minimum absolute atomic E-state index is 0.0182. The molecule has 1 amide bonds. The fourth-order valence-corrected chi connectivity index (χ4v) is 2.14. The monoisotopic (exact) mass is 327 g/mol. The van der Waals surface area contributed by atoms with Crippen LogP contribution in [0.25, 0.3) is 0 Å². The molecule has 1 heterocycles. The van der Waals surface area contributed by atoms with E-state index in [0.29, 0.717) is 0 Å². The molecule has 0 bridgehead atoms. The van der Waals surface area contributed by atoms with Gasteiger partial charge in [0.05, 0.1) is 6.20 Å². The molecule has 0 saturated heterocycles. The molecular weight excluding hydrogens is 306 g/mol. The van der Waals surface area contributed by atoms with Gasteiger partial charge in [0.2, 0.25) is 0 Å². The van der Waals surface area contributed by atoms with Crippen molar-refractivity contribution in [1.82, 2.24) is 15.3 Å². The molecule has 2 aromatic rings. The lowest BCUT2D eigenvalue weighted by Crippen LogP contribution is -2.41. The first kappa shape index (κ1) is 17.6. The standard InChI is InChI=1S/C18H21N3O3/c1-13(8-9-15-6-4-3-5-7-15)21-17(22)14(2)24-18(23)16-12-19-10-11-20-16/h3-7,10-14H,8-9H2,1-2H3,(H,21,22)/t13-,14+/m1/s1. The van der Waals surface area contributed by atoms with Crippen molar-refractivity contribution < 1.29 is 14.3 Å². The lowest BCUT2D eigenvalue weighted by molar-refractivity contribution is -0.129. The first-order valence-corrected chi connectivity index (χ1v) is 7.87. The van der Waals surface area contributed by atoms with Crippen LogP contribution in [-0.4, -0.2) is 34.0 Å². The van der Waals surface area contributed by atoms with Crippen LogP contribution in [0, 0.1) is 0 Å². The maximum absolute atomic E-state index is 12.1. The molecule has 24 heavy (non-hydrogen) atoms. The normalized spacial score (nSPS) is 12.9. The number of carbonyl (C=O) groups excluding carboxylic acids is 2. The summed E-state index contributed by atoms with van der Waals surface area (Å²) in [6.45, 7) is 3.46. The van der Waals surface area contributed by atoms with Crippen molar-refractivity contribution in [3.8, 4) is 0 Å². The lowest BCUT2D eigenvalue weighted by Gasteiger charge is -2.17. The fraction of sp³-hybridized carbons (Fsp3) is 0.333. The summed E-state index contributed by atoms with van der Waals surface area (Å²) in [7, 11) is 0. The van der Waals surface area contributed by atoms with Gasteiger partial charge in [-0.2, -0.15) is 0 Å². The van der Waals surface area contributed by atoms with Crippen LogP contribution in [-0.2, 0) is 16.0 Å². The van der Waals surface area contributed by atoms with E-state index in [2.05, 4.69) is 27.4 Å². The van der Waals surface area contributed by atoms with Crippen LogP contribution in [0.5, 0.6) is 0 Å². The number of hydrogen-bond donors (Lipinski definition) is 1. The van der Waals surface area contributed by atoms with Gasteiger partial charge in [-0.25, -0.2) is 9.78 Å². The van der Waals surface area contributed by atoms with Crippen molar-refractivity contribution in [1.29, 1.82) is 0 Å². The molecule has 6 nitrogen and oxygen atoms in total. The number of nitrogens with one attached hydrogen (secondary N) is 1. The molecule has 2 rings (SSSR count). The number of rotatable bonds is 7. The third kappa shape index (κ3) is 5.46. The summed E-state index contributed by atoms with van der Waals surface area (Å²) < 4.78 is 5.11. The second kappa shape index (κ2) is 8.76. The Labute approximate surface area is 141 Å². The molecule has 0 aliphatic carbocycles. The van der Waals surface area contributed by atoms with Gasteiger partial charge in [0.1, 0.15) is 0 Å². The van der Waals surface area contributed by atoms with E-state index in [-0.39, 0.29) is 17.6 Å². The summed E-state index contributed by atoms with van der Waals surface area (Å²) in [5.74, 6) is -0.990. The average molecular weight is 327 g/mol. The molecule has 0 saturated carbocycles. The number of aromatic nitrogens is 2. The summed E-state index contributed by atoms with van der Waals surface area (Å²) in [6.07, 6.45) is 4.94. The molecule has 2 atom stereocenters. The van der Waals surface area contributed by atoms with E-state index in [1.807, 2.05) is 25.1 Å². The fourth-order valence-electron chi connectivity index (χ4n) is 2.14. The maximum atomic E-state index is 12.1. The first-order chi connectivity index (χ1) is 11.6. The van der Waals surface area contributed by atoms with Crippen molar-refractivity contribution >= 4 is 11.9 Å². The van der Waals surface area contributed by atoms with Crippen molar-refractivity contribution in [2.45, 2.75) is 38.8 Å². The van der Waals surface area contributed by atoms with Gasteiger partial charge in [-0.1, -0.05) is 30.3 Å². The molecule has 1 aromatic carbocycles. The Kier molecular flexibility index (Phi) is 6.42. The Bertz CT molecular complexity index is 662. The van der Waals surface area contributed by atoms with Gasteiger partial charge in [0.25, 0.3) is 5.91 Å². The molecule has 0 fully saturated rings. The van der Waals surface area contributed by atoms with Crippen LogP contribution >= 0.6 is 0 Å². The topological polar surface area (TPSA) is 81.2 Å². The molecule has 0 radical (unpaired) electrons. The minimum atomic E-state index is -0.890. The zero-order valence-corrected chi connectivity index (χ0v) is 13.8. The lowest BCUT2D eigenvalue weighted by atomic mass is 10.1. The Morgan fingerprint density at radius 3 is 2.58 bits per heavy atom. The van der Waals surface area contributed by atoms with Gasteiger partial charge >= 0.3 is 5.97 Å². The van der Waals surface area contributed by atoms with Crippen LogP contribution in [0.4, 0.5) is 0 Å². The van der Waals surface area contributed by atoms with E-state index in [9.17, 15) is 9.59 Å². The first-order valence-electron chi connectivity index (χ1n) is 7.87. The van der Waals surface area contributed by atoms with E-state index in [1.165, 1.54) is 31.1 Å². The number of esters is 1. The van der Waals surface area contributed by atoms with Gasteiger partial charge in [-0.05, 0) is 32.3 Å². The van der Waals surface area contributed by atoms with Gasteiger partial charge in [-0.3, -0.25) is 9.78 Å². The molecule has 6 heteroatoms. The molecule has 1 N–H and O–H groups in total.